The average Bonchev–Trinajstić information content (AvgIpc) is 3.36. The van der Waals surface area contributed by atoms with Crippen LogP contribution in [-0.2, 0) is 13.0 Å². The fourth-order valence-corrected chi connectivity index (χ4v) is 4.96. The van der Waals surface area contributed by atoms with Crippen LogP contribution in [0.1, 0.15) is 23.3 Å². The molecule has 2 heterocycles. The molecule has 138 valence electrons. The van der Waals surface area contributed by atoms with Gasteiger partial charge >= 0.3 is 0 Å². The van der Waals surface area contributed by atoms with Crippen LogP contribution in [0.15, 0.2) is 30.2 Å². The van der Waals surface area contributed by atoms with Gasteiger partial charge in [0.05, 0.1) is 12.8 Å². The summed E-state index contributed by atoms with van der Waals surface area (Å²) in [7, 11) is 1.58. The number of phenols is 1. The van der Waals surface area contributed by atoms with Gasteiger partial charge in [0.15, 0.2) is 11.5 Å². The number of nitrogens with one attached hydrogen (secondary N) is 1. The van der Waals surface area contributed by atoms with Crippen molar-refractivity contribution < 1.29 is 9.84 Å². The number of nitrogens with zero attached hydrogens (tertiary/aromatic N) is 1. The predicted molar refractivity (Wildman–Crippen MR) is 111 cm³/mol. The van der Waals surface area contributed by atoms with Gasteiger partial charge in [0.25, 0.3) is 0 Å². The lowest BCUT2D eigenvalue weighted by Crippen LogP contribution is -2.31. The van der Waals surface area contributed by atoms with E-state index in [0.717, 1.165) is 24.4 Å². The Kier molecular flexibility index (Phi) is 5.16. The second-order valence-electron chi connectivity index (χ2n) is 6.95. The van der Waals surface area contributed by atoms with Crippen LogP contribution in [0.2, 0.25) is 0 Å². The zero-order chi connectivity index (χ0) is 18.1. The van der Waals surface area contributed by atoms with Crippen molar-refractivity contribution >= 4 is 29.0 Å². The predicted octanol–water partition coefficient (Wildman–Crippen LogP) is 5.10. The Balaban J connectivity index is 1.61. The molecule has 4 rings (SSSR count). The number of aromatic hydroxyl groups is 1. The van der Waals surface area contributed by atoms with Gasteiger partial charge in [-0.2, -0.15) is 0 Å². The van der Waals surface area contributed by atoms with Crippen molar-refractivity contribution in [3.63, 3.8) is 0 Å². The summed E-state index contributed by atoms with van der Waals surface area (Å²) in [6.45, 7) is 7.18. The van der Waals surface area contributed by atoms with E-state index in [0.29, 0.717) is 11.4 Å². The van der Waals surface area contributed by atoms with E-state index < -0.39 is 0 Å². The highest BCUT2D eigenvalue weighted by Crippen LogP contribution is 2.43. The Morgan fingerprint density at radius 3 is 3.00 bits per heavy atom. The van der Waals surface area contributed by atoms with Gasteiger partial charge in [-0.15, -0.1) is 11.3 Å². The normalized spacial score (nSPS) is 17.0. The number of hydrogen-bond donors (Lipinski definition) is 2. The molecule has 0 spiro atoms. The third-order valence-corrected chi connectivity index (χ3v) is 6.78. The first kappa shape index (κ1) is 17.8. The molecule has 6 heteroatoms. The molecule has 0 radical (unpaired) electrons. The quantitative estimate of drug-likeness (QED) is 0.510. The summed E-state index contributed by atoms with van der Waals surface area (Å²) < 4.78 is 8.48. The molecule has 0 amide bonds. The maximum atomic E-state index is 10.3. The van der Waals surface area contributed by atoms with Crippen molar-refractivity contribution in [2.45, 2.75) is 25.8 Å². The zero-order valence-corrected chi connectivity index (χ0v) is 16.6. The number of ether oxygens (including phenoxy) is 1. The molecule has 2 aromatic rings. The van der Waals surface area contributed by atoms with Crippen LogP contribution in [0.5, 0.6) is 11.5 Å². The second-order valence-corrected chi connectivity index (χ2v) is 8.86. The molecular formula is C20H24N2O2S2. The minimum atomic E-state index is 0.127. The number of phenolic OH excluding ortho intramolecular Hbond substituents is 1. The standard InChI is InChI=1S/C20H24N2O2S2/c1-3-25-21-16-8-14(9-17(24-2)20(16)23)19-10-15-12-22(11-13-4-5-13)7-6-18(15)26-19/h3,8-10,13,21,23H,1,4-7,11-12H2,2H3. The zero-order valence-electron chi connectivity index (χ0n) is 15.0. The van der Waals surface area contributed by atoms with Crippen LogP contribution < -0.4 is 9.46 Å². The van der Waals surface area contributed by atoms with E-state index in [-0.39, 0.29) is 5.75 Å². The lowest BCUT2D eigenvalue weighted by molar-refractivity contribution is 0.246. The van der Waals surface area contributed by atoms with Crippen LogP contribution in [0, 0.1) is 5.92 Å². The molecule has 1 saturated carbocycles. The van der Waals surface area contributed by atoms with Crippen LogP contribution in [0.25, 0.3) is 10.4 Å². The third kappa shape index (κ3) is 3.72. The highest BCUT2D eigenvalue weighted by atomic mass is 32.2. The van der Waals surface area contributed by atoms with Gasteiger partial charge in [0.2, 0.25) is 0 Å². The monoisotopic (exact) mass is 388 g/mol. The van der Waals surface area contributed by atoms with Gasteiger partial charge in [-0.05, 0) is 71.9 Å². The Morgan fingerprint density at radius 2 is 2.27 bits per heavy atom. The van der Waals surface area contributed by atoms with Crippen LogP contribution >= 0.6 is 23.3 Å². The lowest BCUT2D eigenvalue weighted by Gasteiger charge is -2.26. The van der Waals surface area contributed by atoms with E-state index in [1.165, 1.54) is 53.2 Å². The maximum absolute atomic E-state index is 10.3. The highest BCUT2D eigenvalue weighted by molar-refractivity contribution is 8.03. The largest absolute Gasteiger partial charge is 0.503 e. The molecule has 0 saturated heterocycles. The van der Waals surface area contributed by atoms with Crippen molar-refractivity contribution in [3.8, 4) is 21.9 Å². The van der Waals surface area contributed by atoms with Crippen LogP contribution in [-0.4, -0.2) is 30.2 Å². The highest BCUT2D eigenvalue weighted by Gasteiger charge is 2.27. The van der Waals surface area contributed by atoms with Gasteiger partial charge < -0.3 is 14.6 Å². The SMILES string of the molecule is C=CSNc1cc(-c2cc3c(s2)CCN(CC2CC2)C3)cc(OC)c1O. The van der Waals surface area contributed by atoms with Crippen molar-refractivity contribution in [3.05, 3.63) is 40.6 Å². The molecule has 1 aromatic carbocycles. The molecule has 1 aliphatic heterocycles. The number of rotatable bonds is 7. The molecule has 1 fully saturated rings. The topological polar surface area (TPSA) is 44.7 Å². The van der Waals surface area contributed by atoms with E-state index in [1.807, 2.05) is 23.5 Å². The van der Waals surface area contributed by atoms with Crippen molar-refractivity contribution in [1.82, 2.24) is 4.90 Å². The van der Waals surface area contributed by atoms with Gasteiger partial charge in [0.1, 0.15) is 0 Å². The molecule has 4 nitrogen and oxygen atoms in total. The Morgan fingerprint density at radius 1 is 1.42 bits per heavy atom. The smallest absolute Gasteiger partial charge is 0.182 e. The maximum Gasteiger partial charge on any atom is 0.182 e. The minimum absolute atomic E-state index is 0.127. The van der Waals surface area contributed by atoms with E-state index >= 15 is 0 Å². The third-order valence-electron chi connectivity index (χ3n) is 4.99. The van der Waals surface area contributed by atoms with E-state index in [2.05, 4.69) is 22.3 Å². The molecule has 0 atom stereocenters. The summed E-state index contributed by atoms with van der Waals surface area (Å²) in [4.78, 5) is 5.32. The van der Waals surface area contributed by atoms with Crippen molar-refractivity contribution in [1.29, 1.82) is 0 Å². The minimum Gasteiger partial charge on any atom is -0.503 e. The Bertz CT molecular complexity index is 814. The lowest BCUT2D eigenvalue weighted by atomic mass is 10.1. The number of methoxy groups -OCH3 is 1. The van der Waals surface area contributed by atoms with Crippen LogP contribution in [0.4, 0.5) is 5.69 Å². The van der Waals surface area contributed by atoms with Gasteiger partial charge in [0, 0.05) is 29.4 Å². The summed E-state index contributed by atoms with van der Waals surface area (Å²) in [5.41, 5.74) is 3.17. The van der Waals surface area contributed by atoms with Gasteiger partial charge in [-0.25, -0.2) is 0 Å². The van der Waals surface area contributed by atoms with Gasteiger partial charge in [-0.3, -0.25) is 4.90 Å². The van der Waals surface area contributed by atoms with Crippen molar-refractivity contribution in [2.24, 2.45) is 5.92 Å². The summed E-state index contributed by atoms with van der Waals surface area (Å²) in [5.74, 6) is 1.55. The number of hydrogen-bond acceptors (Lipinski definition) is 6. The second kappa shape index (κ2) is 7.55. The Hall–Kier alpha value is -1.63. The molecule has 0 unspecified atom stereocenters. The molecule has 2 aliphatic rings. The molecule has 1 aromatic heterocycles. The van der Waals surface area contributed by atoms with Gasteiger partial charge in [-0.1, -0.05) is 6.58 Å². The Labute approximate surface area is 163 Å². The summed E-state index contributed by atoms with van der Waals surface area (Å²) in [6, 6.07) is 6.21. The summed E-state index contributed by atoms with van der Waals surface area (Å²) in [6.07, 6.45) is 3.95. The van der Waals surface area contributed by atoms with Crippen molar-refractivity contribution in [2.75, 3.05) is 24.9 Å². The van der Waals surface area contributed by atoms with E-state index in [9.17, 15) is 5.11 Å². The molecular weight excluding hydrogens is 364 g/mol. The van der Waals surface area contributed by atoms with E-state index in [1.54, 1.807) is 12.5 Å². The first-order valence-electron chi connectivity index (χ1n) is 8.95. The first-order chi connectivity index (χ1) is 12.7. The van der Waals surface area contributed by atoms with Crippen LogP contribution in [0.3, 0.4) is 0 Å². The fourth-order valence-electron chi connectivity index (χ4n) is 3.44. The van der Waals surface area contributed by atoms with E-state index in [4.69, 9.17) is 4.74 Å². The molecule has 0 bridgehead atoms. The fraction of sp³-hybridized carbons (Fsp3) is 0.400. The molecule has 26 heavy (non-hydrogen) atoms. The summed E-state index contributed by atoms with van der Waals surface area (Å²) >= 11 is 3.20. The number of fused-ring (bicyclic) bond motifs is 1. The first-order valence-corrected chi connectivity index (χ1v) is 10.7. The summed E-state index contributed by atoms with van der Waals surface area (Å²) in [5, 5.41) is 12.0. The number of benzene rings is 1. The average molecular weight is 389 g/mol. The number of anilines is 1. The number of thiophene rings is 1. The molecule has 1 aliphatic carbocycles. The molecule has 2 N–H and O–H groups in total.